The summed E-state index contributed by atoms with van der Waals surface area (Å²) in [5, 5.41) is 19.6. The molecule has 20 heavy (non-hydrogen) atoms. The Morgan fingerprint density at radius 2 is 2.10 bits per heavy atom. The molecule has 2 aromatic carbocycles. The predicted molar refractivity (Wildman–Crippen MR) is 76.4 cm³/mol. The van der Waals surface area contributed by atoms with Crippen molar-refractivity contribution in [3.63, 3.8) is 0 Å². The molecule has 0 unspecified atom stereocenters. The minimum atomic E-state index is -0.213. The first-order valence-corrected chi connectivity index (χ1v) is 6.21. The number of nitrogens with one attached hydrogen (secondary N) is 2. The van der Waals surface area contributed by atoms with Crippen molar-refractivity contribution in [3.8, 4) is 0 Å². The summed E-state index contributed by atoms with van der Waals surface area (Å²) in [5.74, 6) is -0.213. The number of H-pyrrole nitrogens is 1. The highest BCUT2D eigenvalue weighted by atomic mass is 16.3. The van der Waals surface area contributed by atoms with Gasteiger partial charge in [-0.2, -0.15) is 5.10 Å². The molecule has 1 amide bonds. The second kappa shape index (κ2) is 5.14. The third kappa shape index (κ3) is 2.26. The van der Waals surface area contributed by atoms with Crippen LogP contribution in [-0.4, -0.2) is 21.2 Å². The minimum Gasteiger partial charge on any atom is -0.392 e. The van der Waals surface area contributed by atoms with Gasteiger partial charge in [0.2, 0.25) is 0 Å². The molecule has 1 heterocycles. The highest BCUT2D eigenvalue weighted by Crippen LogP contribution is 2.18. The van der Waals surface area contributed by atoms with E-state index in [9.17, 15) is 4.79 Å². The van der Waals surface area contributed by atoms with E-state index < -0.39 is 0 Å². The first kappa shape index (κ1) is 12.4. The number of aromatic nitrogens is 2. The number of aliphatic hydroxyl groups excluding tert-OH is 1. The standard InChI is InChI=1S/C15H13N3O2/c19-9-10-3-1-5-12(7-10)17-15(20)13-6-2-4-11-8-16-18-14(11)13/h1-8,19H,9H2,(H,16,18)(H,17,20). The maximum absolute atomic E-state index is 12.3. The Labute approximate surface area is 115 Å². The summed E-state index contributed by atoms with van der Waals surface area (Å²) >= 11 is 0. The largest absolute Gasteiger partial charge is 0.392 e. The number of carbonyl (C=O) groups excluding carboxylic acids is 1. The number of carbonyl (C=O) groups is 1. The van der Waals surface area contributed by atoms with Gasteiger partial charge >= 0.3 is 0 Å². The van der Waals surface area contributed by atoms with Crippen LogP contribution >= 0.6 is 0 Å². The van der Waals surface area contributed by atoms with E-state index >= 15 is 0 Å². The molecule has 1 aromatic heterocycles. The Morgan fingerprint density at radius 1 is 1.25 bits per heavy atom. The zero-order valence-electron chi connectivity index (χ0n) is 10.6. The molecule has 0 bridgehead atoms. The molecular formula is C15H13N3O2. The van der Waals surface area contributed by atoms with E-state index in [-0.39, 0.29) is 12.5 Å². The van der Waals surface area contributed by atoms with Crippen LogP contribution in [0.3, 0.4) is 0 Å². The van der Waals surface area contributed by atoms with Gasteiger partial charge in [-0.3, -0.25) is 9.89 Å². The molecule has 3 N–H and O–H groups in total. The highest BCUT2D eigenvalue weighted by Gasteiger charge is 2.11. The van der Waals surface area contributed by atoms with E-state index in [1.54, 1.807) is 36.5 Å². The lowest BCUT2D eigenvalue weighted by Crippen LogP contribution is -2.12. The summed E-state index contributed by atoms with van der Waals surface area (Å²) in [6.07, 6.45) is 1.68. The van der Waals surface area contributed by atoms with E-state index in [1.807, 2.05) is 12.1 Å². The smallest absolute Gasteiger partial charge is 0.257 e. The van der Waals surface area contributed by atoms with Crippen LogP contribution in [0.25, 0.3) is 10.9 Å². The number of para-hydroxylation sites is 1. The molecule has 0 saturated heterocycles. The topological polar surface area (TPSA) is 78.0 Å². The molecule has 0 spiro atoms. The van der Waals surface area contributed by atoms with Gasteiger partial charge in [0, 0.05) is 11.1 Å². The number of amides is 1. The minimum absolute atomic E-state index is 0.0557. The summed E-state index contributed by atoms with van der Waals surface area (Å²) in [6, 6.07) is 12.6. The second-order valence-corrected chi connectivity index (χ2v) is 4.45. The molecule has 5 heteroatoms. The molecule has 100 valence electrons. The molecule has 3 aromatic rings. The monoisotopic (exact) mass is 267 g/mol. The van der Waals surface area contributed by atoms with Crippen molar-refractivity contribution in [1.29, 1.82) is 0 Å². The molecule has 0 aliphatic heterocycles. The summed E-state index contributed by atoms with van der Waals surface area (Å²) in [5.41, 5.74) is 2.65. The Balaban J connectivity index is 1.91. The third-order valence-electron chi connectivity index (χ3n) is 3.09. The van der Waals surface area contributed by atoms with E-state index in [0.717, 1.165) is 10.9 Å². The van der Waals surface area contributed by atoms with Crippen molar-refractivity contribution < 1.29 is 9.90 Å². The summed E-state index contributed by atoms with van der Waals surface area (Å²) in [7, 11) is 0. The van der Waals surface area contributed by atoms with Gasteiger partial charge in [0.05, 0.1) is 23.9 Å². The lowest BCUT2D eigenvalue weighted by molar-refractivity contribution is 0.102. The molecule has 0 aliphatic carbocycles. The number of benzene rings is 2. The lowest BCUT2D eigenvalue weighted by atomic mass is 10.1. The molecule has 0 radical (unpaired) electrons. The van der Waals surface area contributed by atoms with Gasteiger partial charge in [-0.1, -0.05) is 24.3 Å². The lowest BCUT2D eigenvalue weighted by Gasteiger charge is -2.07. The fourth-order valence-electron chi connectivity index (χ4n) is 2.10. The molecule has 5 nitrogen and oxygen atoms in total. The van der Waals surface area contributed by atoms with Gasteiger partial charge in [0.15, 0.2) is 0 Å². The summed E-state index contributed by atoms with van der Waals surface area (Å²) < 4.78 is 0. The average Bonchev–Trinajstić information content (AvgIpc) is 2.95. The van der Waals surface area contributed by atoms with Gasteiger partial charge in [-0.05, 0) is 23.8 Å². The van der Waals surface area contributed by atoms with Gasteiger partial charge in [-0.15, -0.1) is 0 Å². The quantitative estimate of drug-likeness (QED) is 0.681. The van der Waals surface area contributed by atoms with Crippen molar-refractivity contribution in [3.05, 3.63) is 59.8 Å². The summed E-state index contributed by atoms with van der Waals surface area (Å²) in [4.78, 5) is 12.3. The number of aliphatic hydroxyl groups is 1. The Bertz CT molecular complexity index is 764. The summed E-state index contributed by atoms with van der Waals surface area (Å²) in [6.45, 7) is -0.0557. The van der Waals surface area contributed by atoms with Crippen molar-refractivity contribution >= 4 is 22.5 Å². The fourth-order valence-corrected chi connectivity index (χ4v) is 2.10. The number of fused-ring (bicyclic) bond motifs is 1. The Hall–Kier alpha value is -2.66. The number of hydrogen-bond donors (Lipinski definition) is 3. The predicted octanol–water partition coefficient (Wildman–Crippen LogP) is 2.31. The maximum atomic E-state index is 12.3. The first-order valence-electron chi connectivity index (χ1n) is 6.21. The van der Waals surface area contributed by atoms with Crippen LogP contribution in [-0.2, 0) is 6.61 Å². The van der Waals surface area contributed by atoms with Gasteiger partial charge in [-0.25, -0.2) is 0 Å². The van der Waals surface area contributed by atoms with E-state index in [2.05, 4.69) is 15.5 Å². The molecule has 0 atom stereocenters. The van der Waals surface area contributed by atoms with Crippen molar-refractivity contribution in [2.24, 2.45) is 0 Å². The highest BCUT2D eigenvalue weighted by molar-refractivity contribution is 6.11. The fraction of sp³-hybridized carbons (Fsp3) is 0.0667. The van der Waals surface area contributed by atoms with E-state index in [1.165, 1.54) is 0 Å². The molecular weight excluding hydrogens is 254 g/mol. The van der Waals surface area contributed by atoms with Crippen LogP contribution in [0.15, 0.2) is 48.7 Å². The maximum Gasteiger partial charge on any atom is 0.257 e. The van der Waals surface area contributed by atoms with Crippen LogP contribution < -0.4 is 5.32 Å². The van der Waals surface area contributed by atoms with Gasteiger partial charge in [0.25, 0.3) is 5.91 Å². The number of aromatic amines is 1. The number of anilines is 1. The van der Waals surface area contributed by atoms with Crippen LogP contribution in [0, 0.1) is 0 Å². The zero-order valence-corrected chi connectivity index (χ0v) is 10.6. The first-order chi connectivity index (χ1) is 9.78. The number of rotatable bonds is 3. The van der Waals surface area contributed by atoms with Crippen LogP contribution in [0.1, 0.15) is 15.9 Å². The molecule has 0 aliphatic rings. The van der Waals surface area contributed by atoms with Gasteiger partial charge in [0.1, 0.15) is 0 Å². The zero-order chi connectivity index (χ0) is 13.9. The Kier molecular flexibility index (Phi) is 3.18. The van der Waals surface area contributed by atoms with Crippen LogP contribution in [0.4, 0.5) is 5.69 Å². The van der Waals surface area contributed by atoms with E-state index in [4.69, 9.17) is 5.11 Å². The van der Waals surface area contributed by atoms with Crippen LogP contribution in [0.5, 0.6) is 0 Å². The van der Waals surface area contributed by atoms with Gasteiger partial charge < -0.3 is 10.4 Å². The van der Waals surface area contributed by atoms with Crippen molar-refractivity contribution in [2.75, 3.05) is 5.32 Å². The van der Waals surface area contributed by atoms with Crippen molar-refractivity contribution in [2.45, 2.75) is 6.61 Å². The average molecular weight is 267 g/mol. The molecule has 0 fully saturated rings. The number of nitrogens with zero attached hydrogens (tertiary/aromatic N) is 1. The third-order valence-corrected chi connectivity index (χ3v) is 3.09. The van der Waals surface area contributed by atoms with E-state index in [0.29, 0.717) is 16.8 Å². The second-order valence-electron chi connectivity index (χ2n) is 4.45. The number of hydrogen-bond acceptors (Lipinski definition) is 3. The molecule has 3 rings (SSSR count). The normalized spacial score (nSPS) is 10.7. The SMILES string of the molecule is O=C(Nc1cccc(CO)c1)c1cccc2cn[nH]c12. The van der Waals surface area contributed by atoms with Crippen LogP contribution in [0.2, 0.25) is 0 Å². The van der Waals surface area contributed by atoms with Crippen molar-refractivity contribution in [1.82, 2.24) is 10.2 Å². The Morgan fingerprint density at radius 3 is 2.95 bits per heavy atom. The molecule has 0 saturated carbocycles.